The van der Waals surface area contributed by atoms with E-state index in [1.165, 1.54) is 0 Å². The fraction of sp³-hybridized carbons (Fsp3) is 0.0500. The van der Waals surface area contributed by atoms with Gasteiger partial charge in [-0.2, -0.15) is 10.4 Å². The van der Waals surface area contributed by atoms with E-state index in [4.69, 9.17) is 11.6 Å². The van der Waals surface area contributed by atoms with Crippen molar-refractivity contribution in [1.29, 1.82) is 5.26 Å². The SMILES string of the molecule is Cc1nccc(-c2cccc(N/N=C(\C#N)C(=O)c3ccc(Cl)cc3)c2)n1. The van der Waals surface area contributed by atoms with Crippen molar-refractivity contribution in [3.63, 3.8) is 0 Å². The van der Waals surface area contributed by atoms with Gasteiger partial charge in [0.1, 0.15) is 11.9 Å². The lowest BCUT2D eigenvalue weighted by Gasteiger charge is -2.05. The third-order valence-electron chi connectivity index (χ3n) is 3.66. The summed E-state index contributed by atoms with van der Waals surface area (Å²) in [5, 5.41) is 13.7. The number of hydrazone groups is 1. The predicted molar refractivity (Wildman–Crippen MR) is 105 cm³/mol. The van der Waals surface area contributed by atoms with Gasteiger partial charge >= 0.3 is 0 Å². The molecule has 0 aliphatic heterocycles. The first-order valence-electron chi connectivity index (χ1n) is 8.01. The summed E-state index contributed by atoms with van der Waals surface area (Å²) in [4.78, 5) is 20.8. The molecule has 3 rings (SSSR count). The zero-order valence-electron chi connectivity index (χ0n) is 14.3. The molecular weight excluding hydrogens is 362 g/mol. The van der Waals surface area contributed by atoms with Gasteiger partial charge in [-0.1, -0.05) is 23.7 Å². The first-order chi connectivity index (χ1) is 13.1. The van der Waals surface area contributed by atoms with Crippen molar-refractivity contribution in [3.05, 3.63) is 77.2 Å². The molecule has 0 saturated heterocycles. The summed E-state index contributed by atoms with van der Waals surface area (Å²) in [7, 11) is 0. The number of hydrogen-bond donors (Lipinski definition) is 1. The van der Waals surface area contributed by atoms with Gasteiger partial charge in [0.2, 0.25) is 11.5 Å². The van der Waals surface area contributed by atoms with Crippen LogP contribution in [0, 0.1) is 18.3 Å². The number of halogens is 1. The van der Waals surface area contributed by atoms with E-state index in [-0.39, 0.29) is 5.71 Å². The number of Topliss-reactive ketones (excluding diaryl/α,β-unsaturated/α-hetero) is 1. The molecule has 0 amide bonds. The van der Waals surface area contributed by atoms with Gasteiger partial charge in [-0.15, -0.1) is 0 Å². The molecule has 1 heterocycles. The smallest absolute Gasteiger partial charge is 0.223 e. The van der Waals surface area contributed by atoms with Gasteiger partial charge in [0.15, 0.2) is 0 Å². The second-order valence-corrected chi connectivity index (χ2v) is 6.03. The number of nitriles is 1. The fourth-order valence-corrected chi connectivity index (χ4v) is 2.48. The van der Waals surface area contributed by atoms with Crippen molar-refractivity contribution in [2.24, 2.45) is 5.10 Å². The molecule has 0 unspecified atom stereocenters. The van der Waals surface area contributed by atoms with E-state index in [0.29, 0.717) is 22.1 Å². The number of nitrogens with zero attached hydrogens (tertiary/aromatic N) is 4. The number of rotatable bonds is 5. The highest BCUT2D eigenvalue weighted by molar-refractivity contribution is 6.51. The molecular formula is C20H14ClN5O. The van der Waals surface area contributed by atoms with Crippen LogP contribution in [0.4, 0.5) is 5.69 Å². The van der Waals surface area contributed by atoms with E-state index in [2.05, 4.69) is 20.5 Å². The lowest BCUT2D eigenvalue weighted by molar-refractivity contribution is 0.106. The standard InChI is InChI=1S/C20H14ClN5O/c1-13-23-10-9-18(24-13)15-3-2-4-17(11-15)25-26-19(12-22)20(27)14-5-7-16(21)8-6-14/h2-11,25H,1H3/b26-19+. The molecule has 7 heteroatoms. The topological polar surface area (TPSA) is 91.0 Å². The number of anilines is 1. The predicted octanol–water partition coefficient (Wildman–Crippen LogP) is 4.28. The molecule has 0 spiro atoms. The largest absolute Gasteiger partial charge is 0.286 e. The number of aromatic nitrogens is 2. The Morgan fingerprint density at radius 3 is 2.67 bits per heavy atom. The Morgan fingerprint density at radius 1 is 1.19 bits per heavy atom. The van der Waals surface area contributed by atoms with Crippen LogP contribution in [0.5, 0.6) is 0 Å². The Balaban J connectivity index is 1.82. The summed E-state index contributed by atoms with van der Waals surface area (Å²) in [6.45, 7) is 1.82. The number of hydrogen-bond acceptors (Lipinski definition) is 6. The van der Waals surface area contributed by atoms with Gasteiger partial charge < -0.3 is 0 Å². The van der Waals surface area contributed by atoms with Crippen molar-refractivity contribution in [3.8, 4) is 17.3 Å². The van der Waals surface area contributed by atoms with Gasteiger partial charge in [-0.3, -0.25) is 10.2 Å². The summed E-state index contributed by atoms with van der Waals surface area (Å²) in [6, 6.07) is 17.2. The van der Waals surface area contributed by atoms with Crippen LogP contribution in [0.2, 0.25) is 5.02 Å². The summed E-state index contributed by atoms with van der Waals surface area (Å²) in [6.07, 6.45) is 1.69. The minimum Gasteiger partial charge on any atom is -0.286 e. The van der Waals surface area contributed by atoms with E-state index in [9.17, 15) is 10.1 Å². The van der Waals surface area contributed by atoms with Gasteiger partial charge in [0.05, 0.1) is 11.4 Å². The summed E-state index contributed by atoms with van der Waals surface area (Å²) < 4.78 is 0. The molecule has 0 bridgehead atoms. The Hall–Kier alpha value is -3.56. The van der Waals surface area contributed by atoms with Crippen LogP contribution in [0.25, 0.3) is 11.3 Å². The van der Waals surface area contributed by atoms with E-state index in [0.717, 1.165) is 11.3 Å². The first-order valence-corrected chi connectivity index (χ1v) is 8.39. The molecule has 132 valence electrons. The van der Waals surface area contributed by atoms with Crippen LogP contribution in [0.1, 0.15) is 16.2 Å². The lowest BCUT2D eigenvalue weighted by Crippen LogP contribution is -2.14. The van der Waals surface area contributed by atoms with Crippen molar-refractivity contribution in [1.82, 2.24) is 9.97 Å². The maximum atomic E-state index is 12.4. The monoisotopic (exact) mass is 375 g/mol. The van der Waals surface area contributed by atoms with Crippen LogP contribution in [-0.4, -0.2) is 21.5 Å². The highest BCUT2D eigenvalue weighted by Crippen LogP contribution is 2.20. The van der Waals surface area contributed by atoms with E-state index >= 15 is 0 Å². The van der Waals surface area contributed by atoms with Crippen LogP contribution >= 0.6 is 11.6 Å². The number of benzene rings is 2. The van der Waals surface area contributed by atoms with Crippen molar-refractivity contribution in [2.45, 2.75) is 6.92 Å². The molecule has 1 N–H and O–H groups in total. The number of nitrogens with one attached hydrogen (secondary N) is 1. The highest BCUT2D eigenvalue weighted by Gasteiger charge is 2.14. The molecule has 0 fully saturated rings. The van der Waals surface area contributed by atoms with Gasteiger partial charge in [-0.25, -0.2) is 9.97 Å². The van der Waals surface area contributed by atoms with E-state index in [1.807, 2.05) is 31.2 Å². The Labute approximate surface area is 161 Å². The maximum absolute atomic E-state index is 12.4. The molecule has 6 nitrogen and oxygen atoms in total. The minimum atomic E-state index is -0.482. The molecule has 1 aromatic heterocycles. The number of ketones is 1. The Morgan fingerprint density at radius 2 is 1.96 bits per heavy atom. The fourth-order valence-electron chi connectivity index (χ4n) is 2.35. The van der Waals surface area contributed by atoms with Crippen LogP contribution in [-0.2, 0) is 0 Å². The molecule has 2 aromatic carbocycles. The third-order valence-corrected chi connectivity index (χ3v) is 3.91. The van der Waals surface area contributed by atoms with E-state index < -0.39 is 5.78 Å². The average Bonchev–Trinajstić information content (AvgIpc) is 2.69. The van der Waals surface area contributed by atoms with Crippen molar-refractivity contribution in [2.75, 3.05) is 5.43 Å². The Bertz CT molecular complexity index is 1050. The molecule has 0 atom stereocenters. The number of aryl methyl sites for hydroxylation is 1. The molecule has 0 aliphatic rings. The van der Waals surface area contributed by atoms with Crippen molar-refractivity contribution < 1.29 is 4.79 Å². The van der Waals surface area contributed by atoms with Gasteiger partial charge in [-0.05, 0) is 49.4 Å². The molecule has 27 heavy (non-hydrogen) atoms. The zero-order valence-corrected chi connectivity index (χ0v) is 15.1. The second-order valence-electron chi connectivity index (χ2n) is 5.59. The summed E-state index contributed by atoms with van der Waals surface area (Å²) >= 11 is 5.82. The van der Waals surface area contributed by atoms with Gasteiger partial charge in [0.25, 0.3) is 0 Å². The number of carbonyl (C=O) groups is 1. The molecule has 3 aromatic rings. The first kappa shape index (κ1) is 18.2. The second kappa shape index (κ2) is 8.21. The minimum absolute atomic E-state index is 0.249. The van der Waals surface area contributed by atoms with E-state index in [1.54, 1.807) is 42.6 Å². The third kappa shape index (κ3) is 4.54. The highest BCUT2D eigenvalue weighted by atomic mass is 35.5. The average molecular weight is 376 g/mol. The normalized spacial score (nSPS) is 10.9. The van der Waals surface area contributed by atoms with Crippen molar-refractivity contribution >= 4 is 28.8 Å². The summed E-state index contributed by atoms with van der Waals surface area (Å²) in [5.41, 5.74) is 5.11. The Kier molecular flexibility index (Phi) is 5.55. The van der Waals surface area contributed by atoms with Gasteiger partial charge in [0, 0.05) is 22.3 Å². The quantitative estimate of drug-likeness (QED) is 0.408. The molecule has 0 saturated carbocycles. The molecule has 0 aliphatic carbocycles. The zero-order chi connectivity index (χ0) is 19.2. The maximum Gasteiger partial charge on any atom is 0.223 e. The lowest BCUT2D eigenvalue weighted by atomic mass is 10.1. The van der Waals surface area contributed by atoms with Crippen LogP contribution in [0.15, 0.2) is 65.9 Å². The summed E-state index contributed by atoms with van der Waals surface area (Å²) in [5.74, 6) is 0.188. The number of carbonyl (C=O) groups excluding carboxylic acids is 1. The van der Waals surface area contributed by atoms with Crippen LogP contribution < -0.4 is 5.43 Å². The van der Waals surface area contributed by atoms with Crippen LogP contribution in [0.3, 0.4) is 0 Å². The molecule has 0 radical (unpaired) electrons.